The van der Waals surface area contributed by atoms with Crippen LogP contribution in [0.3, 0.4) is 0 Å². The highest BCUT2D eigenvalue weighted by Gasteiger charge is 2.35. The topological polar surface area (TPSA) is 32.5 Å². The third-order valence-electron chi connectivity index (χ3n) is 5.66. The average molecular weight is 284 g/mol. The third kappa shape index (κ3) is 4.19. The van der Waals surface area contributed by atoms with Gasteiger partial charge in [-0.3, -0.25) is 9.80 Å². The minimum atomic E-state index is 0.192. The van der Waals surface area contributed by atoms with Crippen molar-refractivity contribution in [3.05, 3.63) is 0 Å². The Hall–Kier alpha value is -0.120. The maximum Gasteiger partial charge on any atom is 0.0329 e. The van der Waals surface area contributed by atoms with E-state index in [0.717, 1.165) is 24.9 Å². The van der Waals surface area contributed by atoms with Crippen molar-refractivity contribution in [1.82, 2.24) is 9.80 Å². The van der Waals surface area contributed by atoms with E-state index < -0.39 is 0 Å². The van der Waals surface area contributed by atoms with Crippen molar-refractivity contribution in [2.24, 2.45) is 11.7 Å². The molecule has 2 N–H and O–H groups in total. The van der Waals surface area contributed by atoms with Crippen molar-refractivity contribution >= 4 is 0 Å². The minimum absolute atomic E-state index is 0.192. The Kier molecular flexibility index (Phi) is 7.49. The number of rotatable bonds is 9. The van der Waals surface area contributed by atoms with Crippen LogP contribution in [0.25, 0.3) is 0 Å². The summed E-state index contributed by atoms with van der Waals surface area (Å²) in [5, 5.41) is 0. The van der Waals surface area contributed by atoms with E-state index >= 15 is 0 Å². The van der Waals surface area contributed by atoms with Crippen molar-refractivity contribution in [2.45, 2.75) is 71.4 Å². The Morgan fingerprint density at radius 3 is 2.55 bits per heavy atom. The van der Waals surface area contributed by atoms with Crippen molar-refractivity contribution in [1.29, 1.82) is 0 Å². The molecule has 20 heavy (non-hydrogen) atoms. The molecule has 0 aromatic rings. The largest absolute Gasteiger partial charge is 0.329 e. The molecule has 0 radical (unpaired) electrons. The smallest absolute Gasteiger partial charge is 0.0329 e. The fourth-order valence-corrected chi connectivity index (χ4v) is 3.77. The van der Waals surface area contributed by atoms with Gasteiger partial charge in [-0.05, 0) is 51.7 Å². The van der Waals surface area contributed by atoms with E-state index in [4.69, 9.17) is 5.73 Å². The zero-order valence-electron chi connectivity index (χ0n) is 14.5. The summed E-state index contributed by atoms with van der Waals surface area (Å²) in [6.45, 7) is 13.7. The molecular weight excluding hydrogens is 246 g/mol. The average Bonchev–Trinajstić information content (AvgIpc) is 2.91. The number of likely N-dealkylation sites (N-methyl/N-ethyl adjacent to an activating group) is 2. The second-order valence-electron chi connectivity index (χ2n) is 6.80. The molecule has 0 amide bonds. The molecule has 1 saturated heterocycles. The summed E-state index contributed by atoms with van der Waals surface area (Å²) in [7, 11) is 2.30. The number of nitrogens with two attached hydrogens (primary N) is 1. The molecule has 3 atom stereocenters. The summed E-state index contributed by atoms with van der Waals surface area (Å²) < 4.78 is 0. The highest BCUT2D eigenvalue weighted by Crippen LogP contribution is 2.29. The predicted molar refractivity (Wildman–Crippen MR) is 89.0 cm³/mol. The molecule has 0 saturated carbocycles. The molecule has 0 bridgehead atoms. The van der Waals surface area contributed by atoms with Crippen LogP contribution in [0.15, 0.2) is 0 Å². The molecule has 1 heterocycles. The fraction of sp³-hybridized carbons (Fsp3) is 1.00. The second-order valence-corrected chi connectivity index (χ2v) is 6.80. The first kappa shape index (κ1) is 17.9. The van der Waals surface area contributed by atoms with Crippen LogP contribution >= 0.6 is 0 Å². The van der Waals surface area contributed by atoms with Gasteiger partial charge in [0, 0.05) is 24.7 Å². The first-order chi connectivity index (χ1) is 9.52. The number of hydrogen-bond donors (Lipinski definition) is 1. The molecule has 120 valence electrons. The Morgan fingerprint density at radius 1 is 1.35 bits per heavy atom. The van der Waals surface area contributed by atoms with Crippen molar-refractivity contribution in [2.75, 3.05) is 33.2 Å². The maximum absolute atomic E-state index is 6.21. The van der Waals surface area contributed by atoms with Gasteiger partial charge in [-0.15, -0.1) is 0 Å². The van der Waals surface area contributed by atoms with Crippen molar-refractivity contribution < 1.29 is 0 Å². The molecule has 0 spiro atoms. The highest BCUT2D eigenvalue weighted by molar-refractivity contribution is 4.93. The minimum Gasteiger partial charge on any atom is -0.329 e. The Morgan fingerprint density at radius 2 is 2.05 bits per heavy atom. The standard InChI is InChI=1S/C17H37N3/c1-6-15(4)12-17(7-2,14-18)19(5)13-16-10-9-11-20(16)8-3/h15-16H,6-14,18H2,1-5H3. The predicted octanol–water partition coefficient (Wildman–Crippen LogP) is 2.95. The number of nitrogens with zero attached hydrogens (tertiary/aromatic N) is 2. The van der Waals surface area contributed by atoms with Crippen LogP contribution in [0.5, 0.6) is 0 Å². The van der Waals surface area contributed by atoms with Crippen molar-refractivity contribution in [3.8, 4) is 0 Å². The lowest BCUT2D eigenvalue weighted by atomic mass is 9.83. The quantitative estimate of drug-likeness (QED) is 0.706. The highest BCUT2D eigenvalue weighted by atomic mass is 15.3. The fourth-order valence-electron chi connectivity index (χ4n) is 3.77. The molecule has 0 aliphatic carbocycles. The molecule has 1 rings (SSSR count). The summed E-state index contributed by atoms with van der Waals surface area (Å²) in [5.41, 5.74) is 6.40. The van der Waals surface area contributed by atoms with Crippen LogP contribution < -0.4 is 5.73 Å². The summed E-state index contributed by atoms with van der Waals surface area (Å²) in [6.07, 6.45) is 6.35. The molecule has 3 nitrogen and oxygen atoms in total. The van der Waals surface area contributed by atoms with Gasteiger partial charge < -0.3 is 5.73 Å². The molecule has 0 aromatic heterocycles. The molecule has 3 heteroatoms. The SMILES string of the molecule is CCC(C)CC(CC)(CN)N(C)CC1CCCN1CC. The Bertz CT molecular complexity index is 263. The van der Waals surface area contributed by atoms with Crippen molar-refractivity contribution in [3.63, 3.8) is 0 Å². The molecule has 0 aromatic carbocycles. The normalized spacial score (nSPS) is 25.1. The van der Waals surface area contributed by atoms with Crippen LogP contribution in [0, 0.1) is 5.92 Å². The van der Waals surface area contributed by atoms with Crippen LogP contribution in [0.4, 0.5) is 0 Å². The van der Waals surface area contributed by atoms with E-state index in [1.165, 1.54) is 45.3 Å². The molecular formula is C17H37N3. The Labute approximate surface area is 126 Å². The number of likely N-dealkylation sites (tertiary alicyclic amines) is 1. The molecule has 1 fully saturated rings. The van der Waals surface area contributed by atoms with E-state index in [1.54, 1.807) is 0 Å². The van der Waals surface area contributed by atoms with Gasteiger partial charge in [0.2, 0.25) is 0 Å². The van der Waals surface area contributed by atoms with E-state index in [9.17, 15) is 0 Å². The lowest BCUT2D eigenvalue weighted by Gasteiger charge is -2.44. The summed E-state index contributed by atoms with van der Waals surface area (Å²) in [4.78, 5) is 5.22. The molecule has 3 unspecified atom stereocenters. The monoisotopic (exact) mass is 283 g/mol. The van der Waals surface area contributed by atoms with Crippen LogP contribution in [-0.2, 0) is 0 Å². The van der Waals surface area contributed by atoms with E-state index in [0.29, 0.717) is 0 Å². The van der Waals surface area contributed by atoms with Gasteiger partial charge in [0.1, 0.15) is 0 Å². The van der Waals surface area contributed by atoms with Gasteiger partial charge in [-0.2, -0.15) is 0 Å². The van der Waals surface area contributed by atoms with Gasteiger partial charge >= 0.3 is 0 Å². The summed E-state index contributed by atoms with van der Waals surface area (Å²) in [5.74, 6) is 0.756. The first-order valence-corrected chi connectivity index (χ1v) is 8.68. The van der Waals surface area contributed by atoms with Crippen LogP contribution in [0.1, 0.15) is 59.8 Å². The first-order valence-electron chi connectivity index (χ1n) is 8.68. The second kappa shape index (κ2) is 8.35. The van der Waals surface area contributed by atoms with E-state index in [2.05, 4.69) is 44.5 Å². The van der Waals surface area contributed by atoms with Gasteiger partial charge in [-0.1, -0.05) is 34.1 Å². The molecule has 1 aliphatic rings. The van der Waals surface area contributed by atoms with Crippen LogP contribution in [-0.4, -0.2) is 54.6 Å². The summed E-state index contributed by atoms with van der Waals surface area (Å²) >= 11 is 0. The zero-order chi connectivity index (χ0) is 15.2. The lowest BCUT2D eigenvalue weighted by Crippen LogP contribution is -2.55. The van der Waals surface area contributed by atoms with Crippen LogP contribution in [0.2, 0.25) is 0 Å². The molecule has 1 aliphatic heterocycles. The van der Waals surface area contributed by atoms with Gasteiger partial charge in [0.05, 0.1) is 0 Å². The third-order valence-corrected chi connectivity index (χ3v) is 5.66. The lowest BCUT2D eigenvalue weighted by molar-refractivity contribution is 0.0665. The van der Waals surface area contributed by atoms with Gasteiger partial charge in [0.15, 0.2) is 0 Å². The Balaban J connectivity index is 2.70. The van der Waals surface area contributed by atoms with Gasteiger partial charge in [0.25, 0.3) is 0 Å². The zero-order valence-corrected chi connectivity index (χ0v) is 14.5. The van der Waals surface area contributed by atoms with E-state index in [-0.39, 0.29) is 5.54 Å². The number of hydrogen-bond acceptors (Lipinski definition) is 3. The van der Waals surface area contributed by atoms with E-state index in [1.807, 2.05) is 0 Å². The summed E-state index contributed by atoms with van der Waals surface area (Å²) in [6, 6.07) is 0.736. The maximum atomic E-state index is 6.21. The van der Waals surface area contributed by atoms with Gasteiger partial charge in [-0.25, -0.2) is 0 Å².